The molecular weight excluding hydrogens is 252 g/mol. The van der Waals surface area contributed by atoms with E-state index in [1.54, 1.807) is 7.05 Å². The third kappa shape index (κ3) is 2.72. The van der Waals surface area contributed by atoms with E-state index >= 15 is 0 Å². The molecule has 102 valence electrons. The summed E-state index contributed by atoms with van der Waals surface area (Å²) >= 11 is 0. The van der Waals surface area contributed by atoms with Crippen molar-refractivity contribution in [3.05, 3.63) is 18.0 Å². The number of hydrogen-bond acceptors (Lipinski definition) is 5. The van der Waals surface area contributed by atoms with E-state index < -0.39 is 24.0 Å². The normalized spacial score (nSPS) is 16.1. The summed E-state index contributed by atoms with van der Waals surface area (Å²) in [5.74, 6) is -1.18. The van der Waals surface area contributed by atoms with Gasteiger partial charge in [0.05, 0.1) is 11.8 Å². The Bertz CT molecular complexity index is 525. The van der Waals surface area contributed by atoms with Crippen LogP contribution >= 0.6 is 0 Å². The number of carbonyl (C=O) groups is 3. The molecule has 2 heterocycles. The average molecular weight is 266 g/mol. The largest absolute Gasteiger partial charge is 0.449 e. The number of rotatable bonds is 3. The zero-order chi connectivity index (χ0) is 14.0. The molecule has 19 heavy (non-hydrogen) atoms. The van der Waals surface area contributed by atoms with Crippen LogP contribution in [0.25, 0.3) is 0 Å². The Morgan fingerprint density at radius 3 is 2.79 bits per heavy atom. The first-order valence-corrected chi connectivity index (χ1v) is 5.78. The van der Waals surface area contributed by atoms with Crippen LogP contribution in [0.1, 0.15) is 17.3 Å². The number of imide groups is 1. The Balaban J connectivity index is 1.97. The van der Waals surface area contributed by atoms with Gasteiger partial charge in [0.1, 0.15) is 0 Å². The van der Waals surface area contributed by atoms with E-state index in [2.05, 4.69) is 10.4 Å². The molecule has 0 aromatic carbocycles. The summed E-state index contributed by atoms with van der Waals surface area (Å²) in [7, 11) is 1.67. The molecule has 0 saturated carbocycles. The summed E-state index contributed by atoms with van der Waals surface area (Å²) < 4.78 is 6.46. The standard InChI is InChI=1S/C11H14N4O4/c1-7(9(16)15-4-3-12-11(15)18)19-10(17)8-5-13-14(2)6-8/h5-7H,3-4H2,1-2H3,(H,12,18)/t7-/m1/s1. The lowest BCUT2D eigenvalue weighted by atomic mass is 10.3. The molecule has 0 spiro atoms. The highest BCUT2D eigenvalue weighted by Gasteiger charge is 2.31. The number of nitrogens with one attached hydrogen (secondary N) is 1. The minimum absolute atomic E-state index is 0.257. The van der Waals surface area contributed by atoms with Crippen LogP contribution in [0.5, 0.6) is 0 Å². The Morgan fingerprint density at radius 1 is 1.53 bits per heavy atom. The topological polar surface area (TPSA) is 93.5 Å². The van der Waals surface area contributed by atoms with Crippen LogP contribution in [0, 0.1) is 0 Å². The molecular formula is C11H14N4O4. The van der Waals surface area contributed by atoms with E-state index in [1.807, 2.05) is 0 Å². The van der Waals surface area contributed by atoms with Gasteiger partial charge in [0.25, 0.3) is 5.91 Å². The maximum Gasteiger partial charge on any atom is 0.342 e. The Morgan fingerprint density at radius 2 is 2.26 bits per heavy atom. The molecule has 1 aromatic heterocycles. The fraction of sp³-hybridized carbons (Fsp3) is 0.455. The molecule has 1 saturated heterocycles. The van der Waals surface area contributed by atoms with E-state index in [0.29, 0.717) is 6.54 Å². The Kier molecular flexibility index (Phi) is 3.50. The fourth-order valence-corrected chi connectivity index (χ4v) is 1.71. The first kappa shape index (κ1) is 13.1. The molecule has 1 fully saturated rings. The molecule has 3 amide bonds. The summed E-state index contributed by atoms with van der Waals surface area (Å²) in [5.41, 5.74) is 0.257. The smallest absolute Gasteiger partial charge is 0.342 e. The van der Waals surface area contributed by atoms with Gasteiger partial charge in [-0.3, -0.25) is 14.4 Å². The van der Waals surface area contributed by atoms with Crippen molar-refractivity contribution in [1.82, 2.24) is 20.0 Å². The summed E-state index contributed by atoms with van der Waals surface area (Å²) in [6, 6.07) is -0.464. The monoisotopic (exact) mass is 266 g/mol. The molecule has 0 bridgehead atoms. The Hall–Kier alpha value is -2.38. The third-order valence-electron chi connectivity index (χ3n) is 2.69. The minimum Gasteiger partial charge on any atom is -0.449 e. The van der Waals surface area contributed by atoms with Crippen molar-refractivity contribution in [2.45, 2.75) is 13.0 Å². The zero-order valence-electron chi connectivity index (χ0n) is 10.6. The number of aromatic nitrogens is 2. The summed E-state index contributed by atoms with van der Waals surface area (Å²) in [4.78, 5) is 36.0. The number of aryl methyl sites for hydroxylation is 1. The lowest BCUT2D eigenvalue weighted by Gasteiger charge is -2.17. The van der Waals surface area contributed by atoms with Crippen LogP contribution in [0.15, 0.2) is 12.4 Å². The van der Waals surface area contributed by atoms with Gasteiger partial charge in [0, 0.05) is 26.3 Å². The zero-order valence-corrected chi connectivity index (χ0v) is 10.6. The predicted molar refractivity (Wildman–Crippen MR) is 63.2 cm³/mol. The van der Waals surface area contributed by atoms with Gasteiger partial charge in [0.15, 0.2) is 6.10 Å². The maximum atomic E-state index is 11.9. The highest BCUT2D eigenvalue weighted by Crippen LogP contribution is 2.07. The molecule has 2 rings (SSSR count). The van der Waals surface area contributed by atoms with Crippen molar-refractivity contribution >= 4 is 17.9 Å². The molecule has 1 aliphatic heterocycles. The van der Waals surface area contributed by atoms with Gasteiger partial charge in [-0.15, -0.1) is 0 Å². The number of hydrogen-bond donors (Lipinski definition) is 1. The van der Waals surface area contributed by atoms with Crippen LogP contribution in [0.3, 0.4) is 0 Å². The Labute approximate surface area is 109 Å². The number of nitrogens with zero attached hydrogens (tertiary/aromatic N) is 3. The van der Waals surface area contributed by atoms with E-state index in [-0.39, 0.29) is 12.1 Å². The van der Waals surface area contributed by atoms with Crippen molar-refractivity contribution in [1.29, 1.82) is 0 Å². The molecule has 1 aliphatic rings. The molecule has 0 unspecified atom stereocenters. The number of carbonyl (C=O) groups excluding carboxylic acids is 3. The SMILES string of the molecule is C[C@@H](OC(=O)c1cnn(C)c1)C(=O)N1CCNC1=O. The van der Waals surface area contributed by atoms with Crippen molar-refractivity contribution < 1.29 is 19.1 Å². The van der Waals surface area contributed by atoms with Gasteiger partial charge in [-0.1, -0.05) is 0 Å². The van der Waals surface area contributed by atoms with E-state index in [0.717, 1.165) is 4.90 Å². The first-order chi connectivity index (χ1) is 8.99. The average Bonchev–Trinajstić information content (AvgIpc) is 2.97. The predicted octanol–water partition coefficient (Wildman–Crippen LogP) is -0.483. The van der Waals surface area contributed by atoms with E-state index in [9.17, 15) is 14.4 Å². The molecule has 0 aliphatic carbocycles. The molecule has 1 aromatic rings. The molecule has 1 N–H and O–H groups in total. The summed E-state index contributed by atoms with van der Waals surface area (Å²) in [6.07, 6.45) is 1.82. The van der Waals surface area contributed by atoms with Crippen molar-refractivity contribution in [3.8, 4) is 0 Å². The van der Waals surface area contributed by atoms with Crippen LogP contribution < -0.4 is 5.32 Å². The summed E-state index contributed by atoms with van der Waals surface area (Å²) in [5, 5.41) is 6.34. The molecule has 1 atom stereocenters. The van der Waals surface area contributed by atoms with Crippen molar-refractivity contribution in [2.75, 3.05) is 13.1 Å². The third-order valence-corrected chi connectivity index (χ3v) is 2.69. The second kappa shape index (κ2) is 5.09. The van der Waals surface area contributed by atoms with Crippen molar-refractivity contribution in [3.63, 3.8) is 0 Å². The molecule has 8 nitrogen and oxygen atoms in total. The van der Waals surface area contributed by atoms with Gasteiger partial charge in [0.2, 0.25) is 0 Å². The highest BCUT2D eigenvalue weighted by molar-refractivity contribution is 5.99. The highest BCUT2D eigenvalue weighted by atomic mass is 16.5. The number of ether oxygens (including phenoxy) is 1. The van der Waals surface area contributed by atoms with Crippen molar-refractivity contribution in [2.24, 2.45) is 7.05 Å². The number of esters is 1. The van der Waals surface area contributed by atoms with Gasteiger partial charge >= 0.3 is 12.0 Å². The van der Waals surface area contributed by atoms with Crippen LogP contribution in [0.2, 0.25) is 0 Å². The van der Waals surface area contributed by atoms with Crippen LogP contribution in [-0.4, -0.2) is 51.8 Å². The van der Waals surface area contributed by atoms with Crippen LogP contribution in [-0.2, 0) is 16.6 Å². The fourth-order valence-electron chi connectivity index (χ4n) is 1.71. The van der Waals surface area contributed by atoms with Crippen LogP contribution in [0.4, 0.5) is 4.79 Å². The number of amides is 3. The first-order valence-electron chi connectivity index (χ1n) is 5.78. The lowest BCUT2D eigenvalue weighted by Crippen LogP contribution is -2.41. The molecule has 8 heteroatoms. The van der Waals surface area contributed by atoms with Gasteiger partial charge in [-0.25, -0.2) is 9.59 Å². The minimum atomic E-state index is -1.02. The number of urea groups is 1. The quantitative estimate of drug-likeness (QED) is 0.746. The second-order valence-corrected chi connectivity index (χ2v) is 4.17. The van der Waals surface area contributed by atoms with Gasteiger partial charge in [-0.2, -0.15) is 5.10 Å². The molecule has 0 radical (unpaired) electrons. The summed E-state index contributed by atoms with van der Waals surface area (Å²) in [6.45, 7) is 2.13. The van der Waals surface area contributed by atoms with E-state index in [1.165, 1.54) is 24.0 Å². The van der Waals surface area contributed by atoms with Gasteiger partial charge in [-0.05, 0) is 6.92 Å². The van der Waals surface area contributed by atoms with Gasteiger partial charge < -0.3 is 10.1 Å². The maximum absolute atomic E-state index is 11.9. The van der Waals surface area contributed by atoms with E-state index in [4.69, 9.17) is 4.74 Å². The lowest BCUT2D eigenvalue weighted by molar-refractivity contribution is -0.136. The second-order valence-electron chi connectivity index (χ2n) is 4.17.